The van der Waals surface area contributed by atoms with Crippen LogP contribution in [-0.4, -0.2) is 18.8 Å². The van der Waals surface area contributed by atoms with Gasteiger partial charge in [0, 0.05) is 10.7 Å². The normalized spacial score (nSPS) is 10.8. The van der Waals surface area contributed by atoms with Gasteiger partial charge in [0.05, 0.1) is 18.5 Å². The number of anilines is 3. The molecule has 144 valence electrons. The lowest BCUT2D eigenvalue weighted by molar-refractivity contribution is 0.0527. The number of carbonyl (C=O) groups excluding carboxylic acids is 1. The van der Waals surface area contributed by atoms with Gasteiger partial charge in [-0.15, -0.1) is 0 Å². The van der Waals surface area contributed by atoms with Crippen molar-refractivity contribution in [1.82, 2.24) is 0 Å². The third-order valence-corrected chi connectivity index (χ3v) is 4.20. The second-order valence-electron chi connectivity index (χ2n) is 5.58. The molecule has 6 nitrogen and oxygen atoms in total. The van der Waals surface area contributed by atoms with Crippen molar-refractivity contribution in [3.8, 4) is 0 Å². The molecule has 0 spiro atoms. The summed E-state index contributed by atoms with van der Waals surface area (Å²) in [5.41, 5.74) is 4.37. The Labute approximate surface area is 172 Å². The van der Waals surface area contributed by atoms with Crippen LogP contribution >= 0.6 is 23.2 Å². The molecule has 0 aliphatic heterocycles. The summed E-state index contributed by atoms with van der Waals surface area (Å²) in [6, 6.07) is 16.4. The van der Waals surface area contributed by atoms with Crippen LogP contribution in [0.4, 0.5) is 17.3 Å². The van der Waals surface area contributed by atoms with Crippen LogP contribution in [0.15, 0.2) is 64.1 Å². The molecule has 0 saturated carbocycles. The molecular weight excluding hydrogens is 401 g/mol. The summed E-state index contributed by atoms with van der Waals surface area (Å²) in [5.74, 6) is -0.249. The second-order valence-corrected chi connectivity index (χ2v) is 6.39. The van der Waals surface area contributed by atoms with E-state index in [9.17, 15) is 4.79 Å². The largest absolute Gasteiger partial charge is 0.462 e. The number of carbonyl (C=O) groups is 1. The molecule has 0 unspecified atom stereocenters. The summed E-state index contributed by atoms with van der Waals surface area (Å²) in [6.07, 6.45) is 1.39. The van der Waals surface area contributed by atoms with E-state index in [0.29, 0.717) is 10.7 Å². The SMILES string of the molecule is CCOC(=O)c1c(Nc2cccc(Cl)c2)oc(/C=N/Nc2ccccc2)c1Cl. The van der Waals surface area contributed by atoms with E-state index in [1.54, 1.807) is 31.2 Å². The number of rotatable bonds is 7. The van der Waals surface area contributed by atoms with Crippen molar-refractivity contribution in [3.63, 3.8) is 0 Å². The number of benzene rings is 2. The van der Waals surface area contributed by atoms with Crippen LogP contribution in [0.3, 0.4) is 0 Å². The lowest BCUT2D eigenvalue weighted by atomic mass is 10.2. The van der Waals surface area contributed by atoms with Crippen LogP contribution in [0, 0.1) is 0 Å². The molecule has 3 rings (SSSR count). The van der Waals surface area contributed by atoms with E-state index in [4.69, 9.17) is 32.4 Å². The average molecular weight is 418 g/mol. The van der Waals surface area contributed by atoms with Gasteiger partial charge in [-0.3, -0.25) is 5.43 Å². The standard InChI is InChI=1S/C20H17Cl2N3O3/c1-2-27-20(26)17-18(22)16(12-23-25-14-8-4-3-5-9-14)28-19(17)24-15-10-6-7-13(21)11-15/h3-12,24-25H,2H2,1H3/b23-12+. The van der Waals surface area contributed by atoms with Gasteiger partial charge < -0.3 is 14.5 Å². The first-order valence-electron chi connectivity index (χ1n) is 8.44. The lowest BCUT2D eigenvalue weighted by Crippen LogP contribution is -2.06. The zero-order chi connectivity index (χ0) is 19.9. The Morgan fingerprint density at radius 2 is 1.89 bits per heavy atom. The Balaban J connectivity index is 1.89. The number of ether oxygens (including phenoxy) is 1. The van der Waals surface area contributed by atoms with E-state index in [2.05, 4.69) is 15.8 Å². The first-order valence-corrected chi connectivity index (χ1v) is 9.20. The van der Waals surface area contributed by atoms with Gasteiger partial charge in [0.2, 0.25) is 5.88 Å². The highest BCUT2D eigenvalue weighted by molar-refractivity contribution is 6.36. The van der Waals surface area contributed by atoms with Crippen LogP contribution in [0.1, 0.15) is 23.0 Å². The summed E-state index contributed by atoms with van der Waals surface area (Å²) in [6.45, 7) is 1.91. The summed E-state index contributed by atoms with van der Waals surface area (Å²) >= 11 is 12.4. The fourth-order valence-electron chi connectivity index (χ4n) is 2.36. The van der Waals surface area contributed by atoms with Crippen molar-refractivity contribution < 1.29 is 13.9 Å². The van der Waals surface area contributed by atoms with E-state index in [0.717, 1.165) is 5.69 Å². The predicted octanol–water partition coefficient (Wildman–Crippen LogP) is 5.95. The molecule has 8 heteroatoms. The maximum atomic E-state index is 12.4. The predicted molar refractivity (Wildman–Crippen MR) is 112 cm³/mol. The van der Waals surface area contributed by atoms with Crippen molar-refractivity contribution in [2.45, 2.75) is 6.92 Å². The highest BCUT2D eigenvalue weighted by Gasteiger charge is 2.25. The minimum absolute atomic E-state index is 0.0876. The van der Waals surface area contributed by atoms with Crippen LogP contribution in [-0.2, 0) is 4.74 Å². The van der Waals surface area contributed by atoms with Crippen LogP contribution in [0.25, 0.3) is 0 Å². The van der Waals surface area contributed by atoms with Gasteiger partial charge >= 0.3 is 5.97 Å². The van der Waals surface area contributed by atoms with Gasteiger partial charge in [-0.2, -0.15) is 5.10 Å². The van der Waals surface area contributed by atoms with E-state index in [-0.39, 0.29) is 28.8 Å². The molecule has 0 saturated heterocycles. The first-order chi connectivity index (χ1) is 13.6. The number of furan rings is 1. The van der Waals surface area contributed by atoms with Crippen LogP contribution in [0.2, 0.25) is 10.0 Å². The molecule has 0 radical (unpaired) electrons. The number of hydrazone groups is 1. The van der Waals surface area contributed by atoms with Crippen LogP contribution < -0.4 is 10.7 Å². The zero-order valence-electron chi connectivity index (χ0n) is 14.9. The number of hydrogen-bond acceptors (Lipinski definition) is 6. The molecule has 0 amide bonds. The van der Waals surface area contributed by atoms with Gasteiger partial charge in [-0.05, 0) is 37.3 Å². The monoisotopic (exact) mass is 417 g/mol. The molecule has 0 aliphatic rings. The topological polar surface area (TPSA) is 75.9 Å². The Bertz CT molecular complexity index is 988. The summed E-state index contributed by atoms with van der Waals surface area (Å²) < 4.78 is 10.8. The summed E-state index contributed by atoms with van der Waals surface area (Å²) in [7, 11) is 0. The smallest absolute Gasteiger partial charge is 0.345 e. The quantitative estimate of drug-likeness (QED) is 0.282. The maximum Gasteiger partial charge on any atom is 0.345 e. The third-order valence-electron chi connectivity index (χ3n) is 3.59. The number of halogens is 2. The van der Waals surface area contributed by atoms with E-state index >= 15 is 0 Å². The zero-order valence-corrected chi connectivity index (χ0v) is 16.4. The maximum absolute atomic E-state index is 12.4. The lowest BCUT2D eigenvalue weighted by Gasteiger charge is -2.06. The highest BCUT2D eigenvalue weighted by atomic mass is 35.5. The van der Waals surface area contributed by atoms with E-state index in [1.165, 1.54) is 6.21 Å². The first kappa shape index (κ1) is 19.8. The Morgan fingerprint density at radius 1 is 1.14 bits per heavy atom. The minimum atomic E-state index is -0.601. The molecule has 0 aliphatic carbocycles. The number of para-hydroxylation sites is 1. The number of nitrogens with one attached hydrogen (secondary N) is 2. The van der Waals surface area contributed by atoms with Crippen LogP contribution in [0.5, 0.6) is 0 Å². The number of nitrogens with zero attached hydrogens (tertiary/aromatic N) is 1. The molecule has 2 N–H and O–H groups in total. The molecule has 0 bridgehead atoms. The number of esters is 1. The van der Waals surface area contributed by atoms with Crippen molar-refractivity contribution in [3.05, 3.63) is 76.0 Å². The summed E-state index contributed by atoms with van der Waals surface area (Å²) in [5, 5.41) is 7.74. The van der Waals surface area contributed by atoms with Gasteiger partial charge in [-0.1, -0.05) is 47.5 Å². The molecular formula is C20H17Cl2N3O3. The minimum Gasteiger partial charge on any atom is -0.462 e. The van der Waals surface area contributed by atoms with Crippen molar-refractivity contribution in [2.75, 3.05) is 17.3 Å². The molecule has 28 heavy (non-hydrogen) atoms. The Kier molecular flexibility index (Phi) is 6.57. The Morgan fingerprint density at radius 3 is 2.61 bits per heavy atom. The van der Waals surface area contributed by atoms with Gasteiger partial charge in [0.15, 0.2) is 5.76 Å². The van der Waals surface area contributed by atoms with Gasteiger partial charge in [0.1, 0.15) is 10.6 Å². The van der Waals surface area contributed by atoms with E-state index in [1.807, 2.05) is 30.3 Å². The highest BCUT2D eigenvalue weighted by Crippen LogP contribution is 2.34. The molecule has 2 aromatic carbocycles. The summed E-state index contributed by atoms with van der Waals surface area (Å²) in [4.78, 5) is 12.4. The third kappa shape index (κ3) is 4.85. The number of hydrogen-bond donors (Lipinski definition) is 2. The molecule has 3 aromatic rings. The Hall–Kier alpha value is -2.96. The van der Waals surface area contributed by atoms with E-state index < -0.39 is 5.97 Å². The second kappa shape index (κ2) is 9.30. The average Bonchev–Trinajstić information content (AvgIpc) is 2.98. The fraction of sp³-hybridized carbons (Fsp3) is 0.100. The molecule has 1 heterocycles. The van der Waals surface area contributed by atoms with Crippen molar-refractivity contribution in [1.29, 1.82) is 0 Å². The molecule has 1 aromatic heterocycles. The fourth-order valence-corrected chi connectivity index (χ4v) is 2.80. The van der Waals surface area contributed by atoms with Gasteiger partial charge in [-0.25, -0.2) is 4.79 Å². The van der Waals surface area contributed by atoms with Gasteiger partial charge in [0.25, 0.3) is 0 Å². The molecule has 0 atom stereocenters. The molecule has 0 fully saturated rings. The van der Waals surface area contributed by atoms with Crippen molar-refractivity contribution in [2.24, 2.45) is 5.10 Å². The van der Waals surface area contributed by atoms with Crippen molar-refractivity contribution >= 4 is 52.6 Å².